The van der Waals surface area contributed by atoms with E-state index >= 15 is 0 Å². The number of amides is 1. The minimum Gasteiger partial charge on any atom is -0.467 e. The molecule has 0 atom stereocenters. The number of hydrogen-bond acceptors (Lipinski definition) is 6. The third-order valence-electron chi connectivity index (χ3n) is 2.05. The Labute approximate surface area is 111 Å². The van der Waals surface area contributed by atoms with Gasteiger partial charge in [0, 0.05) is 13.6 Å². The Bertz CT molecular complexity index is 415. The summed E-state index contributed by atoms with van der Waals surface area (Å²) in [5.74, 6) is 0.188. The lowest BCUT2D eigenvalue weighted by atomic mass is 10.4. The lowest BCUT2D eigenvalue weighted by Crippen LogP contribution is -2.36. The van der Waals surface area contributed by atoms with Crippen molar-refractivity contribution in [2.45, 2.75) is 13.3 Å². The fraction of sp³-hybridized carbons (Fsp3) is 0.600. The van der Waals surface area contributed by atoms with Crippen molar-refractivity contribution in [1.29, 1.82) is 0 Å². The van der Waals surface area contributed by atoms with E-state index in [2.05, 4.69) is 20.3 Å². The van der Waals surface area contributed by atoms with E-state index in [1.165, 1.54) is 7.11 Å². The highest BCUT2D eigenvalue weighted by Crippen LogP contribution is 2.13. The summed E-state index contributed by atoms with van der Waals surface area (Å²) in [5, 5.41) is 2.79. The van der Waals surface area contributed by atoms with E-state index in [4.69, 9.17) is 16.3 Å². The fourth-order valence-electron chi connectivity index (χ4n) is 1.19. The number of methoxy groups -OCH3 is 1. The molecule has 0 saturated carbocycles. The summed E-state index contributed by atoms with van der Waals surface area (Å²) in [4.78, 5) is 24.8. The number of hydrogen-bond donors (Lipinski definition) is 1. The predicted octanol–water partition coefficient (Wildman–Crippen LogP) is 0.496. The monoisotopic (exact) mass is 273 g/mol. The molecule has 1 rings (SSSR count). The maximum absolute atomic E-state index is 11.5. The molecular formula is C10H16ClN5O2. The molecule has 1 amide bonds. The first kappa shape index (κ1) is 14.4. The van der Waals surface area contributed by atoms with Crippen LogP contribution in [0.25, 0.3) is 0 Å². The van der Waals surface area contributed by atoms with Crippen LogP contribution >= 0.6 is 11.6 Å². The second-order valence-electron chi connectivity index (χ2n) is 3.60. The highest BCUT2D eigenvalue weighted by atomic mass is 35.5. The first-order valence-corrected chi connectivity index (χ1v) is 5.88. The minimum absolute atomic E-state index is 0.0256. The third-order valence-corrected chi connectivity index (χ3v) is 2.22. The number of aromatic nitrogens is 3. The molecule has 0 unspecified atom stereocenters. The Morgan fingerprint density at radius 2 is 2.17 bits per heavy atom. The minimum atomic E-state index is -0.102. The molecule has 0 bridgehead atoms. The SMILES string of the molecule is CCCNC(=O)CN(C)c1nc(Cl)nc(OC)n1. The predicted molar refractivity (Wildman–Crippen MR) is 68.0 cm³/mol. The van der Waals surface area contributed by atoms with Gasteiger partial charge in [0.2, 0.25) is 17.1 Å². The second-order valence-corrected chi connectivity index (χ2v) is 3.94. The van der Waals surface area contributed by atoms with Gasteiger partial charge in [0.15, 0.2) is 0 Å². The summed E-state index contributed by atoms with van der Waals surface area (Å²) >= 11 is 5.72. The molecule has 0 saturated heterocycles. The standard InChI is InChI=1S/C10H16ClN5O2/c1-4-5-12-7(17)6-16(2)9-13-8(11)14-10(15-9)18-3/h4-6H2,1-3H3,(H,12,17). The second kappa shape index (κ2) is 6.95. The molecule has 0 aliphatic rings. The normalized spacial score (nSPS) is 10.0. The molecule has 1 aromatic heterocycles. The maximum Gasteiger partial charge on any atom is 0.322 e. The third kappa shape index (κ3) is 4.33. The first-order valence-electron chi connectivity index (χ1n) is 5.50. The molecule has 1 N–H and O–H groups in total. The summed E-state index contributed by atoms with van der Waals surface area (Å²) in [6.45, 7) is 2.78. The quantitative estimate of drug-likeness (QED) is 0.813. The van der Waals surface area contributed by atoms with Crippen LogP contribution in [0.4, 0.5) is 5.95 Å². The van der Waals surface area contributed by atoms with Gasteiger partial charge < -0.3 is 15.0 Å². The summed E-state index contributed by atoms with van der Waals surface area (Å²) in [6.07, 6.45) is 0.890. The summed E-state index contributed by atoms with van der Waals surface area (Å²) in [6, 6.07) is 0.116. The van der Waals surface area contributed by atoms with Gasteiger partial charge in [-0.15, -0.1) is 0 Å². The number of likely N-dealkylation sites (N-methyl/N-ethyl adjacent to an activating group) is 1. The van der Waals surface area contributed by atoms with E-state index in [1.54, 1.807) is 11.9 Å². The van der Waals surface area contributed by atoms with Crippen molar-refractivity contribution in [3.05, 3.63) is 5.28 Å². The summed E-state index contributed by atoms with van der Waals surface area (Å²) < 4.78 is 4.88. The number of halogens is 1. The zero-order chi connectivity index (χ0) is 13.5. The van der Waals surface area contributed by atoms with Crippen LogP contribution in [0.2, 0.25) is 5.28 Å². The van der Waals surface area contributed by atoms with E-state index in [9.17, 15) is 4.79 Å². The van der Waals surface area contributed by atoms with Crippen molar-refractivity contribution in [3.8, 4) is 6.01 Å². The van der Waals surface area contributed by atoms with Crippen LogP contribution in [0.3, 0.4) is 0 Å². The molecule has 0 aromatic carbocycles. The molecule has 0 spiro atoms. The molecule has 1 heterocycles. The van der Waals surface area contributed by atoms with Crippen molar-refractivity contribution in [2.75, 3.05) is 32.1 Å². The number of nitrogens with zero attached hydrogens (tertiary/aromatic N) is 4. The van der Waals surface area contributed by atoms with Crippen molar-refractivity contribution >= 4 is 23.5 Å². The summed E-state index contributed by atoms with van der Waals surface area (Å²) in [5.41, 5.74) is 0. The Hall–Kier alpha value is -1.63. The lowest BCUT2D eigenvalue weighted by molar-refractivity contribution is -0.119. The zero-order valence-electron chi connectivity index (χ0n) is 10.6. The first-order chi connectivity index (χ1) is 8.56. The Morgan fingerprint density at radius 1 is 1.44 bits per heavy atom. The molecule has 100 valence electrons. The number of carbonyl (C=O) groups is 1. The number of carbonyl (C=O) groups excluding carboxylic acids is 1. The number of ether oxygens (including phenoxy) is 1. The Kier molecular flexibility index (Phi) is 5.57. The van der Waals surface area contributed by atoms with Gasteiger partial charge in [0.1, 0.15) is 0 Å². The average Bonchev–Trinajstić information content (AvgIpc) is 2.35. The smallest absolute Gasteiger partial charge is 0.322 e. The maximum atomic E-state index is 11.5. The molecule has 18 heavy (non-hydrogen) atoms. The van der Waals surface area contributed by atoms with Gasteiger partial charge in [-0.05, 0) is 18.0 Å². The van der Waals surface area contributed by atoms with Gasteiger partial charge in [-0.1, -0.05) is 6.92 Å². The average molecular weight is 274 g/mol. The number of nitrogens with one attached hydrogen (secondary N) is 1. The van der Waals surface area contributed by atoms with E-state index in [-0.39, 0.29) is 23.7 Å². The topological polar surface area (TPSA) is 80.2 Å². The van der Waals surface area contributed by atoms with Crippen LogP contribution in [-0.2, 0) is 4.79 Å². The van der Waals surface area contributed by atoms with Crippen molar-refractivity contribution in [3.63, 3.8) is 0 Å². The summed E-state index contributed by atoms with van der Waals surface area (Å²) in [7, 11) is 3.13. The van der Waals surface area contributed by atoms with Crippen molar-refractivity contribution in [1.82, 2.24) is 20.3 Å². The van der Waals surface area contributed by atoms with E-state index in [0.29, 0.717) is 12.5 Å². The van der Waals surface area contributed by atoms with Gasteiger partial charge >= 0.3 is 6.01 Å². The Balaban J connectivity index is 2.68. The molecule has 1 aromatic rings. The Morgan fingerprint density at radius 3 is 2.78 bits per heavy atom. The molecular weight excluding hydrogens is 258 g/mol. The highest BCUT2D eigenvalue weighted by molar-refractivity contribution is 6.28. The van der Waals surface area contributed by atoms with Gasteiger partial charge in [-0.2, -0.15) is 15.0 Å². The number of anilines is 1. The molecule has 0 aliphatic carbocycles. The molecule has 8 heteroatoms. The van der Waals surface area contributed by atoms with E-state index < -0.39 is 0 Å². The van der Waals surface area contributed by atoms with Gasteiger partial charge in [0.05, 0.1) is 13.7 Å². The highest BCUT2D eigenvalue weighted by Gasteiger charge is 2.12. The largest absolute Gasteiger partial charge is 0.467 e. The van der Waals surface area contributed by atoms with Crippen LogP contribution in [-0.4, -0.2) is 48.1 Å². The van der Waals surface area contributed by atoms with Gasteiger partial charge in [-0.25, -0.2) is 0 Å². The van der Waals surface area contributed by atoms with Crippen molar-refractivity contribution in [2.24, 2.45) is 0 Å². The van der Waals surface area contributed by atoms with E-state index in [1.807, 2.05) is 6.92 Å². The lowest BCUT2D eigenvalue weighted by Gasteiger charge is -2.16. The fourth-order valence-corrected chi connectivity index (χ4v) is 1.34. The van der Waals surface area contributed by atoms with Crippen LogP contribution < -0.4 is 15.0 Å². The van der Waals surface area contributed by atoms with E-state index in [0.717, 1.165) is 6.42 Å². The van der Waals surface area contributed by atoms with Crippen LogP contribution in [0.1, 0.15) is 13.3 Å². The molecule has 0 fully saturated rings. The zero-order valence-corrected chi connectivity index (χ0v) is 11.4. The molecule has 7 nitrogen and oxygen atoms in total. The van der Waals surface area contributed by atoms with Gasteiger partial charge in [-0.3, -0.25) is 4.79 Å². The van der Waals surface area contributed by atoms with Crippen LogP contribution in [0.5, 0.6) is 6.01 Å². The van der Waals surface area contributed by atoms with Crippen molar-refractivity contribution < 1.29 is 9.53 Å². The van der Waals surface area contributed by atoms with Gasteiger partial charge in [0.25, 0.3) is 0 Å². The number of rotatable bonds is 6. The molecule has 0 aliphatic heterocycles. The van der Waals surface area contributed by atoms with Crippen LogP contribution in [0, 0.1) is 0 Å². The van der Waals surface area contributed by atoms with Crippen LogP contribution in [0.15, 0.2) is 0 Å². The molecule has 0 radical (unpaired) electrons.